The van der Waals surface area contributed by atoms with E-state index in [9.17, 15) is 19.2 Å². The first-order valence-corrected chi connectivity index (χ1v) is 16.1. The smallest absolute Gasteiger partial charge is 0.266 e. The normalized spacial score (nSPS) is 15.5. The minimum Gasteiger partial charge on any atom is -0.457 e. The molecule has 7 heteroatoms. The first kappa shape index (κ1) is 31.7. The van der Waals surface area contributed by atoms with E-state index in [2.05, 4.69) is 20.4 Å². The third kappa shape index (κ3) is 5.16. The van der Waals surface area contributed by atoms with Gasteiger partial charge in [0, 0.05) is 11.0 Å². The van der Waals surface area contributed by atoms with Gasteiger partial charge in [-0.15, -0.1) is 6.58 Å². The topological polar surface area (TPSA) is 84.0 Å². The van der Waals surface area contributed by atoms with Gasteiger partial charge in [-0.2, -0.15) is 0 Å². The minimum absolute atomic E-state index is 0.110. The molecule has 1 unspecified atom stereocenters. The Hall–Kier alpha value is -5.30. The molecule has 2 aliphatic rings. The average Bonchev–Trinajstić information content (AvgIpc) is 3.51. The zero-order valence-corrected chi connectivity index (χ0v) is 27.4. The number of carbonyl (C=O) groups excluding carboxylic acids is 4. The van der Waals surface area contributed by atoms with Crippen molar-refractivity contribution in [1.29, 1.82) is 0 Å². The molecule has 0 saturated heterocycles. The average molecular weight is 627 g/mol. The van der Waals surface area contributed by atoms with Crippen molar-refractivity contribution in [2.24, 2.45) is 0 Å². The summed E-state index contributed by atoms with van der Waals surface area (Å²) in [6, 6.07) is 25.0. The fourth-order valence-corrected chi connectivity index (χ4v) is 6.30. The van der Waals surface area contributed by atoms with Gasteiger partial charge in [0.05, 0.1) is 27.9 Å². The standard InChI is InChI=1S/C40H38N2O5/c1-7-39(5,8-2)27-13-17-29(18-14-27)47-30-19-15-28(16-20-30)41-35(43)31-21-11-25(23-33(31)36(41)44)26-12-22-32-34(24-26)38(46)42(37(32)45)40(6,9-3)10-4/h7,11-24H,1,8-10H2,2-6H3. The summed E-state index contributed by atoms with van der Waals surface area (Å²) in [5, 5.41) is 0. The van der Waals surface area contributed by atoms with Gasteiger partial charge < -0.3 is 4.74 Å². The highest BCUT2D eigenvalue weighted by molar-refractivity contribution is 6.34. The Kier molecular flexibility index (Phi) is 7.96. The predicted molar refractivity (Wildman–Crippen MR) is 183 cm³/mol. The second-order valence-corrected chi connectivity index (χ2v) is 12.7. The van der Waals surface area contributed by atoms with Crippen LogP contribution in [0.5, 0.6) is 11.5 Å². The van der Waals surface area contributed by atoms with Crippen molar-refractivity contribution in [2.45, 2.75) is 64.8 Å². The number of fused-ring (bicyclic) bond motifs is 2. The summed E-state index contributed by atoms with van der Waals surface area (Å²) >= 11 is 0. The maximum Gasteiger partial charge on any atom is 0.266 e. The van der Waals surface area contributed by atoms with Gasteiger partial charge in [-0.3, -0.25) is 24.1 Å². The van der Waals surface area contributed by atoms with Gasteiger partial charge in [0.2, 0.25) is 0 Å². The quantitative estimate of drug-likeness (QED) is 0.130. The number of carbonyl (C=O) groups is 4. The van der Waals surface area contributed by atoms with E-state index in [0.29, 0.717) is 57.8 Å². The van der Waals surface area contributed by atoms with Gasteiger partial charge in [-0.1, -0.05) is 58.0 Å². The molecule has 0 spiro atoms. The van der Waals surface area contributed by atoms with Crippen LogP contribution in [0, 0.1) is 0 Å². The van der Waals surface area contributed by atoms with E-state index in [0.717, 1.165) is 16.9 Å². The van der Waals surface area contributed by atoms with E-state index in [1.54, 1.807) is 60.7 Å². The Morgan fingerprint density at radius 3 is 1.60 bits per heavy atom. The monoisotopic (exact) mass is 626 g/mol. The van der Waals surface area contributed by atoms with Crippen molar-refractivity contribution < 1.29 is 23.9 Å². The molecule has 0 aliphatic carbocycles. The van der Waals surface area contributed by atoms with Crippen LogP contribution in [0.2, 0.25) is 0 Å². The Balaban J connectivity index is 1.21. The van der Waals surface area contributed by atoms with E-state index in [1.165, 1.54) is 4.90 Å². The van der Waals surface area contributed by atoms with Crippen molar-refractivity contribution in [1.82, 2.24) is 4.90 Å². The molecule has 47 heavy (non-hydrogen) atoms. The molecule has 0 fully saturated rings. The van der Waals surface area contributed by atoms with Gasteiger partial charge in [0.25, 0.3) is 23.6 Å². The lowest BCUT2D eigenvalue weighted by molar-refractivity contribution is 0.0434. The zero-order chi connectivity index (χ0) is 33.7. The molecule has 0 aromatic heterocycles. The molecule has 2 heterocycles. The van der Waals surface area contributed by atoms with Crippen LogP contribution in [0.1, 0.15) is 101 Å². The summed E-state index contributed by atoms with van der Waals surface area (Å²) in [6.07, 6.45) is 4.20. The molecule has 7 nitrogen and oxygen atoms in total. The summed E-state index contributed by atoms with van der Waals surface area (Å²) in [5.74, 6) is -0.196. The second-order valence-electron chi connectivity index (χ2n) is 12.7. The summed E-state index contributed by atoms with van der Waals surface area (Å²) in [7, 11) is 0. The Morgan fingerprint density at radius 1 is 0.617 bits per heavy atom. The van der Waals surface area contributed by atoms with Crippen LogP contribution < -0.4 is 9.64 Å². The van der Waals surface area contributed by atoms with E-state index in [4.69, 9.17) is 4.74 Å². The summed E-state index contributed by atoms with van der Waals surface area (Å²) in [5.41, 5.74) is 3.56. The first-order valence-electron chi connectivity index (χ1n) is 16.1. The van der Waals surface area contributed by atoms with Crippen LogP contribution in [0.15, 0.2) is 97.6 Å². The van der Waals surface area contributed by atoms with E-state index in [-0.39, 0.29) is 22.8 Å². The second kappa shape index (κ2) is 11.8. The van der Waals surface area contributed by atoms with Crippen LogP contribution in [0.4, 0.5) is 5.69 Å². The maximum atomic E-state index is 13.6. The van der Waals surface area contributed by atoms with Crippen LogP contribution in [0.25, 0.3) is 11.1 Å². The van der Waals surface area contributed by atoms with E-state index < -0.39 is 17.4 Å². The fraction of sp³-hybridized carbons (Fsp3) is 0.250. The highest BCUT2D eigenvalue weighted by Crippen LogP contribution is 2.38. The highest BCUT2D eigenvalue weighted by atomic mass is 16.5. The number of amides is 4. The number of anilines is 1. The Labute approximate surface area is 275 Å². The molecule has 0 bridgehead atoms. The lowest BCUT2D eigenvalue weighted by Gasteiger charge is -2.35. The van der Waals surface area contributed by atoms with Crippen LogP contribution in [0.3, 0.4) is 0 Å². The number of imide groups is 2. The number of allylic oxidation sites excluding steroid dienone is 1. The largest absolute Gasteiger partial charge is 0.457 e. The molecular formula is C40H38N2O5. The van der Waals surface area contributed by atoms with Crippen molar-refractivity contribution >= 4 is 29.3 Å². The molecule has 6 rings (SSSR count). The first-order chi connectivity index (χ1) is 22.5. The number of benzene rings is 4. The lowest BCUT2D eigenvalue weighted by Crippen LogP contribution is -2.48. The molecule has 0 N–H and O–H groups in total. The lowest BCUT2D eigenvalue weighted by atomic mass is 9.80. The number of hydrogen-bond donors (Lipinski definition) is 0. The number of hydrogen-bond acceptors (Lipinski definition) is 5. The van der Waals surface area contributed by atoms with Gasteiger partial charge in [0.15, 0.2) is 0 Å². The van der Waals surface area contributed by atoms with Gasteiger partial charge >= 0.3 is 0 Å². The zero-order valence-electron chi connectivity index (χ0n) is 27.4. The minimum atomic E-state index is -0.574. The van der Waals surface area contributed by atoms with Gasteiger partial charge in [-0.25, -0.2) is 4.90 Å². The Morgan fingerprint density at radius 2 is 1.09 bits per heavy atom. The van der Waals surface area contributed by atoms with Crippen LogP contribution in [-0.2, 0) is 5.41 Å². The molecule has 0 saturated carbocycles. The SMILES string of the molecule is C=CC(C)(CC)c1ccc(Oc2ccc(N3C(=O)c4ccc(-c5ccc6c(c5)C(=O)N(C(C)(CC)CC)C6=O)cc4C3=O)cc2)cc1. The number of rotatable bonds is 10. The van der Waals surface area contributed by atoms with Crippen molar-refractivity contribution in [3.05, 3.63) is 125 Å². The summed E-state index contributed by atoms with van der Waals surface area (Å²) in [6.45, 7) is 14.1. The van der Waals surface area contributed by atoms with E-state index >= 15 is 0 Å². The maximum absolute atomic E-state index is 13.6. The van der Waals surface area contributed by atoms with Crippen LogP contribution in [-0.4, -0.2) is 34.1 Å². The Bertz CT molecular complexity index is 1940. The molecule has 0 radical (unpaired) electrons. The van der Waals surface area contributed by atoms with E-state index in [1.807, 2.05) is 51.1 Å². The highest BCUT2D eigenvalue weighted by Gasteiger charge is 2.45. The fourth-order valence-electron chi connectivity index (χ4n) is 6.30. The summed E-state index contributed by atoms with van der Waals surface area (Å²) < 4.78 is 6.03. The van der Waals surface area contributed by atoms with Crippen molar-refractivity contribution in [2.75, 3.05) is 4.90 Å². The predicted octanol–water partition coefficient (Wildman–Crippen LogP) is 8.97. The number of nitrogens with zero attached hydrogens (tertiary/aromatic N) is 2. The molecule has 238 valence electrons. The number of ether oxygens (including phenoxy) is 1. The van der Waals surface area contributed by atoms with Crippen molar-refractivity contribution in [3.63, 3.8) is 0 Å². The summed E-state index contributed by atoms with van der Waals surface area (Å²) in [4.78, 5) is 56.2. The molecule has 4 aromatic carbocycles. The van der Waals surface area contributed by atoms with Gasteiger partial charge in [0.1, 0.15) is 11.5 Å². The third-order valence-corrected chi connectivity index (χ3v) is 10.2. The van der Waals surface area contributed by atoms with Gasteiger partial charge in [-0.05, 0) is 104 Å². The molecule has 1 atom stereocenters. The molecule has 2 aliphatic heterocycles. The van der Waals surface area contributed by atoms with Crippen molar-refractivity contribution in [3.8, 4) is 22.6 Å². The molecular weight excluding hydrogens is 588 g/mol. The molecule has 4 aromatic rings. The molecule has 4 amide bonds. The van der Waals surface area contributed by atoms with Crippen LogP contribution >= 0.6 is 0 Å². The third-order valence-electron chi connectivity index (χ3n) is 10.2.